The van der Waals surface area contributed by atoms with Gasteiger partial charge in [-0.25, -0.2) is 0 Å². The number of nitrogens with zero attached hydrogens (tertiary/aromatic N) is 2. The van der Waals surface area contributed by atoms with E-state index in [2.05, 4.69) is 26.1 Å². The minimum Gasteiger partial charge on any atom is -0.334 e. The molecule has 1 aromatic heterocycles. The molecule has 2 aromatic rings. The summed E-state index contributed by atoms with van der Waals surface area (Å²) in [5.74, 6) is 1.18. The van der Waals surface area contributed by atoms with Crippen LogP contribution in [0.2, 0.25) is 0 Å². The second-order valence-electron chi connectivity index (χ2n) is 5.66. The van der Waals surface area contributed by atoms with Crippen molar-refractivity contribution in [3.8, 4) is 11.5 Å². The number of benzene rings is 1. The van der Waals surface area contributed by atoms with Crippen molar-refractivity contribution in [2.45, 2.75) is 44.6 Å². The number of aromatic nitrogens is 2. The third kappa shape index (κ3) is 2.65. The molecule has 1 aromatic carbocycles. The number of hydrogen-bond donors (Lipinski definition) is 1. The van der Waals surface area contributed by atoms with Crippen LogP contribution in [0.4, 0.5) is 0 Å². The topological polar surface area (TPSA) is 64.9 Å². The first kappa shape index (κ1) is 13.8. The normalized spacial score (nSPS) is 18.1. The van der Waals surface area contributed by atoms with E-state index < -0.39 is 5.54 Å². The monoisotopic (exact) mass is 335 g/mol. The summed E-state index contributed by atoms with van der Waals surface area (Å²) in [6.45, 7) is 2.04. The molecule has 0 aliphatic heterocycles. The zero-order chi connectivity index (χ0) is 14.2. The molecular weight excluding hydrogens is 318 g/mol. The van der Waals surface area contributed by atoms with Crippen molar-refractivity contribution in [3.63, 3.8) is 0 Å². The SMILES string of the molecule is Cc1cc(Br)cc(-c2nc(C3(N)CCCCC3)no2)c1. The van der Waals surface area contributed by atoms with Crippen molar-refractivity contribution in [2.75, 3.05) is 0 Å². The summed E-state index contributed by atoms with van der Waals surface area (Å²) in [5, 5.41) is 4.12. The van der Waals surface area contributed by atoms with E-state index >= 15 is 0 Å². The molecule has 0 bridgehead atoms. The highest BCUT2D eigenvalue weighted by Crippen LogP contribution is 2.34. The molecule has 1 heterocycles. The fourth-order valence-corrected chi connectivity index (χ4v) is 3.42. The van der Waals surface area contributed by atoms with E-state index in [-0.39, 0.29) is 0 Å². The average Bonchev–Trinajstić information content (AvgIpc) is 2.89. The van der Waals surface area contributed by atoms with Gasteiger partial charge in [0.2, 0.25) is 0 Å². The van der Waals surface area contributed by atoms with Gasteiger partial charge in [0, 0.05) is 10.0 Å². The summed E-state index contributed by atoms with van der Waals surface area (Å²) in [6, 6.07) is 6.06. The predicted molar refractivity (Wildman–Crippen MR) is 81.1 cm³/mol. The van der Waals surface area contributed by atoms with E-state index in [4.69, 9.17) is 10.3 Å². The maximum absolute atomic E-state index is 6.44. The molecule has 20 heavy (non-hydrogen) atoms. The molecule has 0 saturated heterocycles. The Morgan fingerprint density at radius 1 is 1.20 bits per heavy atom. The van der Waals surface area contributed by atoms with E-state index in [1.807, 2.05) is 25.1 Å². The molecule has 1 saturated carbocycles. The smallest absolute Gasteiger partial charge is 0.258 e. The van der Waals surface area contributed by atoms with Gasteiger partial charge in [-0.1, -0.05) is 40.3 Å². The van der Waals surface area contributed by atoms with Crippen LogP contribution in [0.15, 0.2) is 27.2 Å². The second-order valence-corrected chi connectivity index (χ2v) is 6.57. The molecule has 1 fully saturated rings. The number of aryl methyl sites for hydroxylation is 1. The minimum absolute atomic E-state index is 0.416. The zero-order valence-electron chi connectivity index (χ0n) is 11.5. The van der Waals surface area contributed by atoms with Crippen molar-refractivity contribution in [1.82, 2.24) is 10.1 Å². The van der Waals surface area contributed by atoms with Crippen LogP contribution in [0.3, 0.4) is 0 Å². The third-order valence-electron chi connectivity index (χ3n) is 3.91. The maximum Gasteiger partial charge on any atom is 0.258 e. The van der Waals surface area contributed by atoms with Gasteiger partial charge in [-0.05, 0) is 43.5 Å². The molecule has 0 radical (unpaired) electrons. The second kappa shape index (κ2) is 5.30. The molecule has 2 N–H and O–H groups in total. The van der Waals surface area contributed by atoms with Crippen LogP contribution >= 0.6 is 15.9 Å². The van der Waals surface area contributed by atoms with Crippen molar-refractivity contribution < 1.29 is 4.52 Å². The van der Waals surface area contributed by atoms with Gasteiger partial charge in [0.15, 0.2) is 5.82 Å². The van der Waals surface area contributed by atoms with Crippen LogP contribution < -0.4 is 5.73 Å². The van der Waals surface area contributed by atoms with E-state index in [9.17, 15) is 0 Å². The van der Waals surface area contributed by atoms with Gasteiger partial charge in [0.05, 0.1) is 5.54 Å². The molecular formula is C15H18BrN3O. The zero-order valence-corrected chi connectivity index (χ0v) is 13.1. The van der Waals surface area contributed by atoms with Gasteiger partial charge in [-0.15, -0.1) is 0 Å². The van der Waals surface area contributed by atoms with Crippen molar-refractivity contribution >= 4 is 15.9 Å². The first-order valence-electron chi connectivity index (χ1n) is 6.97. The van der Waals surface area contributed by atoms with E-state index in [1.54, 1.807) is 0 Å². The molecule has 4 nitrogen and oxygen atoms in total. The molecule has 0 spiro atoms. The Balaban J connectivity index is 1.93. The lowest BCUT2D eigenvalue weighted by Crippen LogP contribution is -2.39. The summed E-state index contributed by atoms with van der Waals surface area (Å²) in [6.07, 6.45) is 5.38. The summed E-state index contributed by atoms with van der Waals surface area (Å²) < 4.78 is 6.42. The highest BCUT2D eigenvalue weighted by molar-refractivity contribution is 9.10. The van der Waals surface area contributed by atoms with Gasteiger partial charge in [-0.2, -0.15) is 4.98 Å². The predicted octanol–water partition coefficient (Wildman–Crippen LogP) is 3.93. The summed E-state index contributed by atoms with van der Waals surface area (Å²) in [5.41, 5.74) is 8.10. The van der Waals surface area contributed by atoms with E-state index in [1.165, 1.54) is 6.42 Å². The minimum atomic E-state index is -0.416. The Labute approximate surface area is 126 Å². The molecule has 1 aliphatic carbocycles. The fourth-order valence-electron chi connectivity index (χ4n) is 2.81. The Hall–Kier alpha value is -1.20. The van der Waals surface area contributed by atoms with Gasteiger partial charge in [0.25, 0.3) is 5.89 Å². The Morgan fingerprint density at radius 2 is 1.95 bits per heavy atom. The molecule has 106 valence electrons. The van der Waals surface area contributed by atoms with Crippen LogP contribution in [0.5, 0.6) is 0 Å². The Morgan fingerprint density at radius 3 is 2.65 bits per heavy atom. The molecule has 0 atom stereocenters. The van der Waals surface area contributed by atoms with Crippen LogP contribution in [0, 0.1) is 6.92 Å². The summed E-state index contributed by atoms with van der Waals surface area (Å²) in [7, 11) is 0. The highest BCUT2D eigenvalue weighted by Gasteiger charge is 2.34. The quantitative estimate of drug-likeness (QED) is 0.903. The lowest BCUT2D eigenvalue weighted by atomic mass is 9.82. The number of halogens is 1. The van der Waals surface area contributed by atoms with Gasteiger partial charge in [0.1, 0.15) is 0 Å². The van der Waals surface area contributed by atoms with Crippen LogP contribution in [-0.4, -0.2) is 10.1 Å². The standard InChI is InChI=1S/C15H18BrN3O/c1-10-7-11(9-12(16)8-10)13-18-14(19-20-13)15(17)5-3-2-4-6-15/h7-9H,2-6,17H2,1H3. The first-order chi connectivity index (χ1) is 9.57. The van der Waals surface area contributed by atoms with Crippen LogP contribution in [0.1, 0.15) is 43.5 Å². The van der Waals surface area contributed by atoms with Gasteiger partial charge < -0.3 is 10.3 Å². The van der Waals surface area contributed by atoms with E-state index in [0.717, 1.165) is 41.3 Å². The molecule has 0 unspecified atom stereocenters. The highest BCUT2D eigenvalue weighted by atomic mass is 79.9. The molecule has 1 aliphatic rings. The number of hydrogen-bond acceptors (Lipinski definition) is 4. The summed E-state index contributed by atoms with van der Waals surface area (Å²) >= 11 is 3.49. The third-order valence-corrected chi connectivity index (χ3v) is 4.36. The van der Waals surface area contributed by atoms with Crippen LogP contribution in [-0.2, 0) is 5.54 Å². The number of rotatable bonds is 2. The maximum atomic E-state index is 6.44. The fraction of sp³-hybridized carbons (Fsp3) is 0.467. The van der Waals surface area contributed by atoms with Crippen molar-refractivity contribution in [1.29, 1.82) is 0 Å². The number of nitrogens with two attached hydrogens (primary N) is 1. The van der Waals surface area contributed by atoms with Crippen molar-refractivity contribution in [2.24, 2.45) is 5.73 Å². The summed E-state index contributed by atoms with van der Waals surface area (Å²) in [4.78, 5) is 4.53. The van der Waals surface area contributed by atoms with Crippen molar-refractivity contribution in [3.05, 3.63) is 34.1 Å². The van der Waals surface area contributed by atoms with Gasteiger partial charge >= 0.3 is 0 Å². The molecule has 3 rings (SSSR count). The Bertz CT molecular complexity index is 597. The molecule has 5 heteroatoms. The van der Waals surface area contributed by atoms with Gasteiger partial charge in [-0.3, -0.25) is 0 Å². The Kier molecular flexibility index (Phi) is 3.65. The van der Waals surface area contributed by atoms with E-state index in [0.29, 0.717) is 11.7 Å². The lowest BCUT2D eigenvalue weighted by Gasteiger charge is -2.29. The largest absolute Gasteiger partial charge is 0.334 e. The lowest BCUT2D eigenvalue weighted by molar-refractivity contribution is 0.275. The average molecular weight is 336 g/mol. The van der Waals surface area contributed by atoms with Crippen LogP contribution in [0.25, 0.3) is 11.5 Å². The first-order valence-corrected chi connectivity index (χ1v) is 7.77. The molecule has 0 amide bonds.